The first kappa shape index (κ1) is 29.8. The molecule has 0 fully saturated rings. The molecule has 0 aliphatic carbocycles. The second-order valence-corrected chi connectivity index (χ2v) is 10.5. The average molecular weight is 519 g/mol. The minimum atomic E-state index is -0.693. The number of halogens is 2. The summed E-state index contributed by atoms with van der Waals surface area (Å²) in [5, 5.41) is 2.76. The molecule has 1 atom stereocenters. The summed E-state index contributed by atoms with van der Waals surface area (Å²) in [6.45, 7) is 12.7. The van der Waals surface area contributed by atoms with Crippen molar-refractivity contribution in [3.8, 4) is 5.75 Å². The van der Waals surface area contributed by atoms with Gasteiger partial charge in [-0.25, -0.2) is 9.59 Å². The maximum atomic E-state index is 12.5. The molecule has 0 aromatic heterocycles. The lowest BCUT2D eigenvalue weighted by Gasteiger charge is -2.25. The Balaban J connectivity index is 3.07. The SMILES string of the molecule is Cc1ccc(OC(=O)N(CCl)CCCl)cc1C[C@H](CC(=O)OC(C)(C)C)NC(=O)OC(C)(C)C. The normalized spacial score (nSPS) is 12.5. The van der Waals surface area contributed by atoms with Crippen molar-refractivity contribution in [2.75, 3.05) is 18.4 Å². The predicted octanol–water partition coefficient (Wildman–Crippen LogP) is 5.40. The molecule has 0 unspecified atom stereocenters. The van der Waals surface area contributed by atoms with Gasteiger partial charge in [0, 0.05) is 18.5 Å². The van der Waals surface area contributed by atoms with E-state index in [1.165, 1.54) is 4.90 Å². The quantitative estimate of drug-likeness (QED) is 0.267. The van der Waals surface area contributed by atoms with E-state index in [4.69, 9.17) is 37.4 Å². The van der Waals surface area contributed by atoms with Crippen LogP contribution >= 0.6 is 23.2 Å². The van der Waals surface area contributed by atoms with Crippen LogP contribution in [0.3, 0.4) is 0 Å². The molecule has 1 aromatic carbocycles. The van der Waals surface area contributed by atoms with Crippen LogP contribution in [0.25, 0.3) is 0 Å². The third-order valence-corrected chi connectivity index (χ3v) is 4.76. The van der Waals surface area contributed by atoms with Gasteiger partial charge in [0.2, 0.25) is 0 Å². The topological polar surface area (TPSA) is 94.2 Å². The third kappa shape index (κ3) is 11.8. The zero-order valence-corrected chi connectivity index (χ0v) is 22.5. The van der Waals surface area contributed by atoms with Gasteiger partial charge >= 0.3 is 18.2 Å². The molecule has 1 aromatic rings. The van der Waals surface area contributed by atoms with E-state index in [1.807, 2.05) is 6.92 Å². The van der Waals surface area contributed by atoms with Crippen molar-refractivity contribution in [1.29, 1.82) is 0 Å². The molecule has 0 aliphatic rings. The van der Waals surface area contributed by atoms with Crippen LogP contribution in [0, 0.1) is 6.92 Å². The van der Waals surface area contributed by atoms with E-state index in [9.17, 15) is 14.4 Å². The summed E-state index contributed by atoms with van der Waals surface area (Å²) < 4.78 is 16.2. The van der Waals surface area contributed by atoms with Gasteiger partial charge in [0.15, 0.2) is 0 Å². The second-order valence-electron chi connectivity index (χ2n) is 9.87. The van der Waals surface area contributed by atoms with Crippen molar-refractivity contribution in [2.45, 2.75) is 78.6 Å². The van der Waals surface area contributed by atoms with E-state index in [0.717, 1.165) is 11.1 Å². The Morgan fingerprint density at radius 1 is 1.03 bits per heavy atom. The van der Waals surface area contributed by atoms with E-state index in [2.05, 4.69) is 5.32 Å². The van der Waals surface area contributed by atoms with Gasteiger partial charge in [0.05, 0.1) is 12.4 Å². The highest BCUT2D eigenvalue weighted by molar-refractivity contribution is 6.19. The lowest BCUT2D eigenvalue weighted by Crippen LogP contribution is -2.42. The molecule has 0 heterocycles. The smallest absolute Gasteiger partial charge is 0.416 e. The number of carbonyl (C=O) groups excluding carboxylic acids is 3. The molecule has 0 aliphatic heterocycles. The van der Waals surface area contributed by atoms with Crippen LogP contribution in [-0.4, -0.2) is 58.7 Å². The highest BCUT2D eigenvalue weighted by Gasteiger charge is 2.25. The van der Waals surface area contributed by atoms with Gasteiger partial charge in [0.25, 0.3) is 0 Å². The number of hydrogen-bond acceptors (Lipinski definition) is 6. The van der Waals surface area contributed by atoms with Gasteiger partial charge in [-0.15, -0.1) is 23.2 Å². The average Bonchev–Trinajstić information content (AvgIpc) is 2.65. The first-order valence-electron chi connectivity index (χ1n) is 11.0. The number of nitrogens with one attached hydrogen (secondary N) is 1. The Labute approximate surface area is 212 Å². The molecule has 8 nitrogen and oxygen atoms in total. The van der Waals surface area contributed by atoms with E-state index < -0.39 is 35.4 Å². The molecule has 0 saturated heterocycles. The molecule has 0 radical (unpaired) electrons. The number of hydrogen-bond donors (Lipinski definition) is 1. The number of benzene rings is 1. The highest BCUT2D eigenvalue weighted by Crippen LogP contribution is 2.21. The van der Waals surface area contributed by atoms with Crippen molar-refractivity contribution in [3.63, 3.8) is 0 Å². The van der Waals surface area contributed by atoms with E-state index in [1.54, 1.807) is 59.7 Å². The first-order valence-corrected chi connectivity index (χ1v) is 12.1. The van der Waals surface area contributed by atoms with Crippen molar-refractivity contribution in [2.24, 2.45) is 0 Å². The third-order valence-electron chi connectivity index (χ3n) is 4.30. The zero-order chi connectivity index (χ0) is 26.1. The molecule has 192 valence electrons. The summed E-state index contributed by atoms with van der Waals surface area (Å²) in [4.78, 5) is 38.5. The second kappa shape index (κ2) is 13.0. The Kier molecular flexibility index (Phi) is 11.5. The predicted molar refractivity (Wildman–Crippen MR) is 133 cm³/mol. The maximum absolute atomic E-state index is 12.5. The fourth-order valence-electron chi connectivity index (χ4n) is 2.90. The van der Waals surface area contributed by atoms with Crippen LogP contribution in [0.4, 0.5) is 9.59 Å². The molecule has 1 rings (SSSR count). The monoisotopic (exact) mass is 518 g/mol. The summed E-state index contributed by atoms with van der Waals surface area (Å²) in [6, 6.07) is 4.49. The van der Waals surface area contributed by atoms with Gasteiger partial charge in [-0.1, -0.05) is 6.07 Å². The minimum Gasteiger partial charge on any atom is -0.460 e. The summed E-state index contributed by atoms with van der Waals surface area (Å²) in [5.41, 5.74) is 0.330. The van der Waals surface area contributed by atoms with Gasteiger partial charge in [-0.3, -0.25) is 9.69 Å². The van der Waals surface area contributed by atoms with Crippen molar-refractivity contribution in [3.05, 3.63) is 29.3 Å². The van der Waals surface area contributed by atoms with Crippen molar-refractivity contribution in [1.82, 2.24) is 10.2 Å². The van der Waals surface area contributed by atoms with Gasteiger partial charge in [-0.2, -0.15) is 0 Å². The molecule has 10 heteroatoms. The van der Waals surface area contributed by atoms with Crippen molar-refractivity contribution < 1.29 is 28.6 Å². The lowest BCUT2D eigenvalue weighted by atomic mass is 9.98. The number of alkyl carbamates (subject to hydrolysis) is 1. The maximum Gasteiger partial charge on any atom is 0.416 e. The van der Waals surface area contributed by atoms with Gasteiger partial charge in [0.1, 0.15) is 17.0 Å². The van der Waals surface area contributed by atoms with E-state index in [0.29, 0.717) is 5.75 Å². The Morgan fingerprint density at radius 2 is 1.65 bits per heavy atom. The molecular formula is C24H36Cl2N2O6. The standard InChI is InChI=1S/C24H36Cl2N2O6/c1-16-8-9-19(32-22(31)28(15-26)11-10-25)13-17(16)12-18(14-20(29)33-23(2,3)4)27-21(30)34-24(5,6)7/h8-9,13,18H,10-12,14-15H2,1-7H3,(H,27,30)/t18-/m1/s1. The number of alkyl halides is 2. The Morgan fingerprint density at radius 3 is 2.18 bits per heavy atom. The minimum absolute atomic E-state index is 0.0535. The van der Waals surface area contributed by atoms with Crippen LogP contribution < -0.4 is 10.1 Å². The Hall–Kier alpha value is -2.19. The molecule has 2 amide bonds. The summed E-state index contributed by atoms with van der Waals surface area (Å²) in [5.74, 6) is 0.0834. The number of rotatable bonds is 9. The summed E-state index contributed by atoms with van der Waals surface area (Å²) in [7, 11) is 0. The summed E-state index contributed by atoms with van der Waals surface area (Å²) >= 11 is 11.5. The highest BCUT2D eigenvalue weighted by atomic mass is 35.5. The van der Waals surface area contributed by atoms with Crippen LogP contribution in [0.2, 0.25) is 0 Å². The van der Waals surface area contributed by atoms with Crippen molar-refractivity contribution >= 4 is 41.4 Å². The molecule has 34 heavy (non-hydrogen) atoms. The van der Waals surface area contributed by atoms with Crippen LogP contribution in [0.5, 0.6) is 5.75 Å². The zero-order valence-electron chi connectivity index (χ0n) is 21.0. The number of amides is 2. The molecule has 0 bridgehead atoms. The number of esters is 1. The fourth-order valence-corrected chi connectivity index (χ4v) is 3.32. The van der Waals surface area contributed by atoms with Gasteiger partial charge in [-0.05, 0) is 78.1 Å². The van der Waals surface area contributed by atoms with E-state index >= 15 is 0 Å². The number of ether oxygens (including phenoxy) is 3. The summed E-state index contributed by atoms with van der Waals surface area (Å²) in [6.07, 6.45) is -1.03. The molecule has 1 N–H and O–H groups in total. The van der Waals surface area contributed by atoms with Crippen LogP contribution in [0.1, 0.15) is 59.1 Å². The van der Waals surface area contributed by atoms with Crippen LogP contribution in [-0.2, 0) is 20.7 Å². The molecule has 0 saturated carbocycles. The largest absolute Gasteiger partial charge is 0.460 e. The lowest BCUT2D eigenvalue weighted by molar-refractivity contribution is -0.155. The molecule has 0 spiro atoms. The number of aryl methyl sites for hydroxylation is 1. The van der Waals surface area contributed by atoms with E-state index in [-0.39, 0.29) is 31.3 Å². The number of carbonyl (C=O) groups is 3. The molecular weight excluding hydrogens is 483 g/mol. The Bertz CT molecular complexity index is 819. The fraction of sp³-hybridized carbons (Fsp3) is 0.625. The van der Waals surface area contributed by atoms with Gasteiger partial charge < -0.3 is 19.5 Å². The first-order chi connectivity index (χ1) is 15.6. The van der Waals surface area contributed by atoms with Crippen LogP contribution in [0.15, 0.2) is 18.2 Å². The number of nitrogens with zero attached hydrogens (tertiary/aromatic N) is 1.